The Bertz CT molecular complexity index is 1120. The molecule has 0 heterocycles. The van der Waals surface area contributed by atoms with Crippen LogP contribution in [0.1, 0.15) is 42.2 Å². The number of rotatable bonds is 3. The van der Waals surface area contributed by atoms with Crippen molar-refractivity contribution in [3.05, 3.63) is 88.5 Å². The van der Waals surface area contributed by atoms with Gasteiger partial charge in [-0.15, -0.1) is 0 Å². The van der Waals surface area contributed by atoms with Crippen LogP contribution in [0.3, 0.4) is 0 Å². The van der Waals surface area contributed by atoms with Gasteiger partial charge in [-0.3, -0.25) is 9.59 Å². The summed E-state index contributed by atoms with van der Waals surface area (Å²) in [5, 5.41) is 12.1. The maximum atomic E-state index is 13.0. The summed E-state index contributed by atoms with van der Waals surface area (Å²) >= 11 is 0. The largest absolute Gasteiger partial charge is 0.478 e. The van der Waals surface area contributed by atoms with Crippen LogP contribution < -0.4 is 11.1 Å². The van der Waals surface area contributed by atoms with Crippen molar-refractivity contribution in [3.63, 3.8) is 0 Å². The van der Waals surface area contributed by atoms with Gasteiger partial charge in [0.25, 0.3) is 0 Å². The zero-order valence-corrected chi connectivity index (χ0v) is 14.0. The number of benzene rings is 3. The van der Waals surface area contributed by atoms with Gasteiger partial charge in [0, 0.05) is 22.5 Å². The molecule has 0 fully saturated rings. The second-order valence-corrected chi connectivity index (χ2v) is 6.16. The molecule has 0 radical (unpaired) electrons. The molecule has 1 aliphatic rings. The average Bonchev–Trinajstić information content (AvgIpc) is 2.68. The highest BCUT2D eigenvalue weighted by Crippen LogP contribution is 2.36. The van der Waals surface area contributed by atoms with Crippen molar-refractivity contribution >= 4 is 34.6 Å². The van der Waals surface area contributed by atoms with Gasteiger partial charge in [-0.05, 0) is 36.4 Å². The number of carboxylic acids is 1. The van der Waals surface area contributed by atoms with Crippen molar-refractivity contribution < 1.29 is 19.5 Å². The topological polar surface area (TPSA) is 109 Å². The lowest BCUT2D eigenvalue weighted by Gasteiger charge is -2.22. The summed E-state index contributed by atoms with van der Waals surface area (Å²) in [5.41, 5.74) is 8.51. The van der Waals surface area contributed by atoms with Crippen LogP contribution >= 0.6 is 0 Å². The average molecular weight is 358 g/mol. The molecular formula is C21H14N2O4. The minimum absolute atomic E-state index is 0.153. The summed E-state index contributed by atoms with van der Waals surface area (Å²) in [7, 11) is 0. The van der Waals surface area contributed by atoms with E-state index in [1.54, 1.807) is 48.5 Å². The number of anilines is 3. The normalized spacial score (nSPS) is 12.3. The third-order valence-electron chi connectivity index (χ3n) is 4.52. The monoisotopic (exact) mass is 358 g/mol. The number of aromatic carboxylic acids is 1. The Morgan fingerprint density at radius 2 is 1.41 bits per heavy atom. The summed E-state index contributed by atoms with van der Waals surface area (Å²) in [6.45, 7) is 0. The Morgan fingerprint density at radius 1 is 0.815 bits per heavy atom. The van der Waals surface area contributed by atoms with Crippen LogP contribution in [0.4, 0.5) is 17.1 Å². The highest BCUT2D eigenvalue weighted by molar-refractivity contribution is 6.31. The van der Waals surface area contributed by atoms with E-state index in [4.69, 9.17) is 10.8 Å². The molecular weight excluding hydrogens is 344 g/mol. The van der Waals surface area contributed by atoms with Crippen molar-refractivity contribution in [2.45, 2.75) is 0 Å². The number of nitrogen functional groups attached to an aromatic ring is 1. The van der Waals surface area contributed by atoms with E-state index < -0.39 is 5.97 Å². The van der Waals surface area contributed by atoms with Crippen molar-refractivity contribution in [1.82, 2.24) is 0 Å². The number of nitrogens with two attached hydrogens (primary N) is 1. The maximum Gasteiger partial charge on any atom is 0.335 e. The van der Waals surface area contributed by atoms with Crippen LogP contribution in [0.25, 0.3) is 0 Å². The molecule has 0 spiro atoms. The number of ketones is 2. The van der Waals surface area contributed by atoms with E-state index in [0.29, 0.717) is 22.5 Å². The molecule has 132 valence electrons. The fourth-order valence-electron chi connectivity index (χ4n) is 3.20. The highest BCUT2D eigenvalue weighted by Gasteiger charge is 2.33. The fraction of sp³-hybridized carbons (Fsp3) is 0. The van der Waals surface area contributed by atoms with Gasteiger partial charge in [0.1, 0.15) is 0 Å². The van der Waals surface area contributed by atoms with Gasteiger partial charge in [0.05, 0.1) is 22.4 Å². The number of hydrogen-bond donors (Lipinski definition) is 3. The Balaban J connectivity index is 1.81. The molecule has 0 aromatic heterocycles. The predicted octanol–water partition coefficient (Wildman–Crippen LogP) is 3.49. The minimum Gasteiger partial charge on any atom is -0.478 e. The van der Waals surface area contributed by atoms with Crippen molar-refractivity contribution in [2.75, 3.05) is 11.1 Å². The Morgan fingerprint density at radius 3 is 2.00 bits per heavy atom. The molecule has 0 saturated heterocycles. The van der Waals surface area contributed by atoms with Crippen LogP contribution in [-0.2, 0) is 0 Å². The number of nitrogens with one attached hydrogen (secondary N) is 1. The molecule has 0 aliphatic heterocycles. The second-order valence-electron chi connectivity index (χ2n) is 6.16. The van der Waals surface area contributed by atoms with Gasteiger partial charge in [-0.25, -0.2) is 4.79 Å². The molecule has 0 atom stereocenters. The van der Waals surface area contributed by atoms with Crippen molar-refractivity contribution in [2.24, 2.45) is 0 Å². The van der Waals surface area contributed by atoms with Crippen LogP contribution in [0.2, 0.25) is 0 Å². The first kappa shape index (κ1) is 16.5. The summed E-state index contributed by atoms with van der Waals surface area (Å²) < 4.78 is 0. The lowest BCUT2D eigenvalue weighted by atomic mass is 9.82. The van der Waals surface area contributed by atoms with Gasteiger partial charge < -0.3 is 16.2 Å². The van der Waals surface area contributed by atoms with Gasteiger partial charge in [0.15, 0.2) is 11.6 Å². The number of carboxylic acid groups (broad SMARTS) is 1. The van der Waals surface area contributed by atoms with E-state index in [0.717, 1.165) is 0 Å². The first-order valence-electron chi connectivity index (χ1n) is 8.18. The molecule has 0 bridgehead atoms. The van der Waals surface area contributed by atoms with E-state index in [-0.39, 0.29) is 33.9 Å². The molecule has 6 nitrogen and oxygen atoms in total. The maximum absolute atomic E-state index is 13.0. The molecule has 6 heteroatoms. The summed E-state index contributed by atoms with van der Waals surface area (Å²) in [4.78, 5) is 36.9. The van der Waals surface area contributed by atoms with Gasteiger partial charge in [-0.1, -0.05) is 24.3 Å². The second kappa shape index (κ2) is 6.10. The first-order chi connectivity index (χ1) is 13.0. The van der Waals surface area contributed by atoms with Gasteiger partial charge in [0.2, 0.25) is 0 Å². The summed E-state index contributed by atoms with van der Waals surface area (Å²) in [6, 6.07) is 16.0. The van der Waals surface area contributed by atoms with E-state index in [1.165, 1.54) is 12.1 Å². The Labute approximate surface area is 154 Å². The van der Waals surface area contributed by atoms with Gasteiger partial charge in [-0.2, -0.15) is 0 Å². The standard InChI is InChI=1S/C21H14N2O4/c22-15-9-10-16(23-12-7-5-11(6-8-12)21(26)27)18-17(15)19(24)13-3-1-2-4-14(13)20(18)25/h1-10,23H,22H2,(H,26,27). The van der Waals surface area contributed by atoms with E-state index in [2.05, 4.69) is 5.32 Å². The zero-order chi connectivity index (χ0) is 19.1. The first-order valence-corrected chi connectivity index (χ1v) is 8.18. The van der Waals surface area contributed by atoms with E-state index >= 15 is 0 Å². The van der Waals surface area contributed by atoms with Crippen LogP contribution in [0, 0.1) is 0 Å². The third kappa shape index (κ3) is 2.64. The summed E-state index contributed by atoms with van der Waals surface area (Å²) in [5.74, 6) is -1.59. The molecule has 0 amide bonds. The Kier molecular flexibility index (Phi) is 3.74. The van der Waals surface area contributed by atoms with Crippen molar-refractivity contribution in [1.29, 1.82) is 0 Å². The fourth-order valence-corrected chi connectivity index (χ4v) is 3.20. The molecule has 0 unspecified atom stereocenters. The lowest BCUT2D eigenvalue weighted by molar-refractivity contribution is 0.0696. The van der Waals surface area contributed by atoms with Crippen LogP contribution in [0.15, 0.2) is 60.7 Å². The van der Waals surface area contributed by atoms with Crippen molar-refractivity contribution in [3.8, 4) is 0 Å². The molecule has 3 aromatic rings. The Hall–Kier alpha value is -3.93. The van der Waals surface area contributed by atoms with Crippen LogP contribution in [-0.4, -0.2) is 22.6 Å². The highest BCUT2D eigenvalue weighted by atomic mass is 16.4. The van der Waals surface area contributed by atoms with E-state index in [9.17, 15) is 14.4 Å². The van der Waals surface area contributed by atoms with E-state index in [1.807, 2.05) is 0 Å². The lowest BCUT2D eigenvalue weighted by Crippen LogP contribution is -2.23. The minimum atomic E-state index is -1.02. The zero-order valence-electron chi connectivity index (χ0n) is 14.0. The number of fused-ring (bicyclic) bond motifs is 2. The smallest absolute Gasteiger partial charge is 0.335 e. The number of carbonyl (C=O) groups is 3. The predicted molar refractivity (Wildman–Crippen MR) is 101 cm³/mol. The molecule has 0 saturated carbocycles. The van der Waals surface area contributed by atoms with Gasteiger partial charge >= 0.3 is 5.97 Å². The quantitative estimate of drug-likeness (QED) is 0.484. The molecule has 27 heavy (non-hydrogen) atoms. The summed E-state index contributed by atoms with van der Waals surface area (Å²) in [6.07, 6.45) is 0. The molecule has 4 rings (SSSR count). The third-order valence-corrected chi connectivity index (χ3v) is 4.52. The number of hydrogen-bond acceptors (Lipinski definition) is 5. The van der Waals surface area contributed by atoms with Crippen LogP contribution in [0.5, 0.6) is 0 Å². The SMILES string of the molecule is Nc1ccc(Nc2ccc(C(=O)O)cc2)c2c1C(=O)c1ccccc1C2=O. The molecule has 3 aromatic carbocycles. The number of carbonyl (C=O) groups excluding carboxylic acids is 2. The molecule has 4 N–H and O–H groups in total. The molecule has 1 aliphatic carbocycles.